The number of phenolic OH excluding ortho intramolecular Hbond substituents is 1. The molecule has 2 aromatic rings. The van der Waals surface area contributed by atoms with E-state index in [-0.39, 0.29) is 29.6 Å². The number of amides is 1. The molecule has 2 aromatic carbocycles. The van der Waals surface area contributed by atoms with Crippen LogP contribution in [0.4, 0.5) is 4.39 Å². The monoisotopic (exact) mass is 443 g/mol. The molecule has 1 amide bonds. The summed E-state index contributed by atoms with van der Waals surface area (Å²) in [6.45, 7) is 6.76. The zero-order valence-electron chi connectivity index (χ0n) is 19.1. The highest BCUT2D eigenvalue weighted by Gasteiger charge is 2.36. The van der Waals surface area contributed by atoms with Gasteiger partial charge >= 0.3 is 0 Å². The SMILES string of the molecule is COc1ccc(O)c(CN[C@H]2C[C@@H](C(=O)NCCc3ccccc3F)N(CC(C)C)C2)c1. The molecule has 6 nitrogen and oxygen atoms in total. The van der Waals surface area contributed by atoms with Gasteiger partial charge in [0.15, 0.2) is 0 Å². The molecule has 1 saturated heterocycles. The van der Waals surface area contributed by atoms with Crippen LogP contribution in [0, 0.1) is 11.7 Å². The highest BCUT2D eigenvalue weighted by molar-refractivity contribution is 5.82. The van der Waals surface area contributed by atoms with E-state index in [4.69, 9.17) is 4.74 Å². The first-order valence-electron chi connectivity index (χ1n) is 11.2. The predicted octanol–water partition coefficient (Wildman–Crippen LogP) is 3.09. The lowest BCUT2D eigenvalue weighted by atomic mass is 10.1. The molecule has 7 heteroatoms. The number of nitrogens with one attached hydrogen (secondary N) is 2. The van der Waals surface area contributed by atoms with Crippen LogP contribution < -0.4 is 15.4 Å². The van der Waals surface area contributed by atoms with Crippen molar-refractivity contribution in [3.8, 4) is 11.5 Å². The van der Waals surface area contributed by atoms with E-state index in [9.17, 15) is 14.3 Å². The van der Waals surface area contributed by atoms with Crippen LogP contribution in [-0.4, -0.2) is 54.7 Å². The van der Waals surface area contributed by atoms with Crippen molar-refractivity contribution in [2.24, 2.45) is 5.92 Å². The third kappa shape index (κ3) is 6.43. The zero-order chi connectivity index (χ0) is 23.1. The fourth-order valence-electron chi connectivity index (χ4n) is 4.22. The van der Waals surface area contributed by atoms with Gasteiger partial charge in [0.05, 0.1) is 13.2 Å². The van der Waals surface area contributed by atoms with Gasteiger partial charge in [0, 0.05) is 37.8 Å². The van der Waals surface area contributed by atoms with Gasteiger partial charge in [-0.2, -0.15) is 0 Å². The number of aromatic hydroxyl groups is 1. The van der Waals surface area contributed by atoms with Gasteiger partial charge in [-0.15, -0.1) is 0 Å². The van der Waals surface area contributed by atoms with Crippen LogP contribution in [-0.2, 0) is 17.8 Å². The molecule has 1 heterocycles. The Morgan fingerprint density at radius 2 is 2.03 bits per heavy atom. The van der Waals surface area contributed by atoms with Crippen molar-refractivity contribution in [2.45, 2.75) is 45.3 Å². The molecule has 0 bridgehead atoms. The van der Waals surface area contributed by atoms with Gasteiger partial charge in [0.1, 0.15) is 17.3 Å². The van der Waals surface area contributed by atoms with E-state index in [1.165, 1.54) is 6.07 Å². The molecule has 1 aliphatic heterocycles. The summed E-state index contributed by atoms with van der Waals surface area (Å²) in [6, 6.07) is 11.7. The summed E-state index contributed by atoms with van der Waals surface area (Å²) in [5, 5.41) is 16.6. The Hall–Kier alpha value is -2.64. The van der Waals surface area contributed by atoms with Crippen LogP contribution >= 0.6 is 0 Å². The van der Waals surface area contributed by atoms with Crippen molar-refractivity contribution in [1.82, 2.24) is 15.5 Å². The molecule has 2 atom stereocenters. The molecule has 0 unspecified atom stereocenters. The number of nitrogens with zero attached hydrogens (tertiary/aromatic N) is 1. The Morgan fingerprint density at radius 1 is 1.25 bits per heavy atom. The van der Waals surface area contributed by atoms with Gasteiger partial charge in [-0.3, -0.25) is 9.69 Å². The molecule has 174 valence electrons. The normalized spacial score (nSPS) is 18.8. The minimum Gasteiger partial charge on any atom is -0.508 e. The minimum atomic E-state index is -0.242. The Balaban J connectivity index is 1.57. The first-order valence-corrected chi connectivity index (χ1v) is 11.2. The molecule has 32 heavy (non-hydrogen) atoms. The van der Waals surface area contributed by atoms with Gasteiger partial charge in [-0.1, -0.05) is 32.0 Å². The number of phenols is 1. The Bertz CT molecular complexity index is 906. The zero-order valence-corrected chi connectivity index (χ0v) is 19.1. The van der Waals surface area contributed by atoms with Gasteiger partial charge < -0.3 is 20.5 Å². The molecule has 0 saturated carbocycles. The van der Waals surface area contributed by atoms with E-state index in [1.807, 2.05) is 6.07 Å². The number of benzene rings is 2. The molecule has 3 rings (SSSR count). The lowest BCUT2D eigenvalue weighted by Gasteiger charge is -2.25. The van der Waals surface area contributed by atoms with Crippen LogP contribution in [0.25, 0.3) is 0 Å². The van der Waals surface area contributed by atoms with Gasteiger partial charge in [-0.05, 0) is 48.6 Å². The molecule has 0 aliphatic carbocycles. The first kappa shape index (κ1) is 24.0. The highest BCUT2D eigenvalue weighted by Crippen LogP contribution is 2.24. The van der Waals surface area contributed by atoms with Crippen molar-refractivity contribution >= 4 is 5.91 Å². The highest BCUT2D eigenvalue weighted by atomic mass is 19.1. The van der Waals surface area contributed by atoms with Crippen molar-refractivity contribution in [2.75, 3.05) is 26.7 Å². The number of carbonyl (C=O) groups is 1. The van der Waals surface area contributed by atoms with E-state index in [0.717, 1.165) is 18.7 Å². The lowest BCUT2D eigenvalue weighted by Crippen LogP contribution is -2.45. The number of likely N-dealkylation sites (tertiary alicyclic amines) is 1. The summed E-state index contributed by atoms with van der Waals surface area (Å²) in [6.07, 6.45) is 1.15. The second-order valence-electron chi connectivity index (χ2n) is 8.80. The van der Waals surface area contributed by atoms with E-state index < -0.39 is 0 Å². The predicted molar refractivity (Wildman–Crippen MR) is 123 cm³/mol. The third-order valence-corrected chi connectivity index (χ3v) is 5.83. The van der Waals surface area contributed by atoms with Crippen LogP contribution in [0.5, 0.6) is 11.5 Å². The van der Waals surface area contributed by atoms with Crippen LogP contribution in [0.2, 0.25) is 0 Å². The number of rotatable bonds is 10. The van der Waals surface area contributed by atoms with Crippen molar-refractivity contribution in [3.05, 3.63) is 59.4 Å². The maximum atomic E-state index is 13.8. The average Bonchev–Trinajstić information content (AvgIpc) is 3.16. The summed E-state index contributed by atoms with van der Waals surface area (Å²) in [7, 11) is 1.60. The molecular weight excluding hydrogens is 409 g/mol. The van der Waals surface area contributed by atoms with Crippen molar-refractivity contribution in [1.29, 1.82) is 0 Å². The molecule has 0 aromatic heterocycles. The maximum absolute atomic E-state index is 13.8. The largest absolute Gasteiger partial charge is 0.508 e. The van der Waals surface area contributed by atoms with Gasteiger partial charge in [-0.25, -0.2) is 4.39 Å². The summed E-state index contributed by atoms with van der Waals surface area (Å²) < 4.78 is 19.1. The fraction of sp³-hybridized carbons (Fsp3) is 0.480. The average molecular weight is 444 g/mol. The minimum absolute atomic E-state index is 0.0180. The second kappa shape index (κ2) is 11.3. The Kier molecular flexibility index (Phi) is 8.47. The van der Waals surface area contributed by atoms with E-state index in [1.54, 1.807) is 37.4 Å². The Labute approximate surface area is 189 Å². The first-order chi connectivity index (χ1) is 15.4. The topological polar surface area (TPSA) is 73.8 Å². The quantitative estimate of drug-likeness (QED) is 0.526. The molecule has 0 radical (unpaired) electrons. The van der Waals surface area contributed by atoms with E-state index in [2.05, 4.69) is 29.4 Å². The van der Waals surface area contributed by atoms with Gasteiger partial charge in [0.2, 0.25) is 5.91 Å². The molecule has 0 spiro atoms. The molecule has 3 N–H and O–H groups in total. The molecule has 1 fully saturated rings. The smallest absolute Gasteiger partial charge is 0.237 e. The lowest BCUT2D eigenvalue weighted by molar-refractivity contribution is -0.125. The number of hydrogen-bond donors (Lipinski definition) is 3. The number of halogens is 1. The third-order valence-electron chi connectivity index (χ3n) is 5.83. The number of ether oxygens (including phenoxy) is 1. The van der Waals surface area contributed by atoms with Crippen LogP contribution in [0.1, 0.15) is 31.4 Å². The van der Waals surface area contributed by atoms with E-state index in [0.29, 0.717) is 43.2 Å². The standard InChI is InChI=1S/C25H34FN3O3/c1-17(2)15-29-16-20(28-14-19-12-21(32-3)8-9-24(19)30)13-23(29)25(31)27-11-10-18-6-4-5-7-22(18)26/h4-9,12,17,20,23,28,30H,10-11,13-16H2,1-3H3,(H,27,31)/t20-,23-/m0/s1. The fourth-order valence-corrected chi connectivity index (χ4v) is 4.22. The summed E-state index contributed by atoms with van der Waals surface area (Å²) in [5.74, 6) is 1.09. The van der Waals surface area contributed by atoms with Crippen LogP contribution in [0.3, 0.4) is 0 Å². The second-order valence-corrected chi connectivity index (χ2v) is 8.80. The number of carbonyl (C=O) groups excluding carboxylic acids is 1. The molecule has 1 aliphatic rings. The van der Waals surface area contributed by atoms with Gasteiger partial charge in [0.25, 0.3) is 0 Å². The van der Waals surface area contributed by atoms with Crippen LogP contribution in [0.15, 0.2) is 42.5 Å². The molecular formula is C25H34FN3O3. The Morgan fingerprint density at radius 3 is 2.75 bits per heavy atom. The summed E-state index contributed by atoms with van der Waals surface area (Å²) in [5.41, 5.74) is 1.37. The number of hydrogen-bond acceptors (Lipinski definition) is 5. The van der Waals surface area contributed by atoms with Crippen molar-refractivity contribution < 1.29 is 19.0 Å². The maximum Gasteiger partial charge on any atom is 0.237 e. The number of methoxy groups -OCH3 is 1. The summed E-state index contributed by atoms with van der Waals surface area (Å²) in [4.78, 5) is 15.2. The summed E-state index contributed by atoms with van der Waals surface area (Å²) >= 11 is 0. The van der Waals surface area contributed by atoms with Crippen molar-refractivity contribution in [3.63, 3.8) is 0 Å². The van der Waals surface area contributed by atoms with E-state index >= 15 is 0 Å².